The first-order chi connectivity index (χ1) is 17.9. The van der Waals surface area contributed by atoms with Crippen molar-refractivity contribution < 1.29 is 32.2 Å². The number of esters is 1. The fourth-order valence-electron chi connectivity index (χ4n) is 4.65. The van der Waals surface area contributed by atoms with Gasteiger partial charge in [0, 0.05) is 18.2 Å². The zero-order valence-electron chi connectivity index (χ0n) is 20.6. The number of benzene rings is 3. The van der Waals surface area contributed by atoms with Gasteiger partial charge in [0.15, 0.2) is 11.6 Å². The monoisotopic (exact) mass is 510 g/mol. The SMILES string of the molecule is C=CCOc1ccc(C(=O)Oc2ccc(-c3ccc(C4CCC(OCC)CC4)c(F)c3F)cc2)c(F)c1. The lowest BCUT2D eigenvalue weighted by Crippen LogP contribution is -2.21. The summed E-state index contributed by atoms with van der Waals surface area (Å²) in [5, 5.41) is 0. The first kappa shape index (κ1) is 26.5. The van der Waals surface area contributed by atoms with E-state index in [2.05, 4.69) is 6.58 Å². The number of carbonyl (C=O) groups excluding carboxylic acids is 1. The Labute approximate surface area is 214 Å². The summed E-state index contributed by atoms with van der Waals surface area (Å²) in [7, 11) is 0. The molecule has 0 saturated heterocycles. The number of halogens is 3. The average Bonchev–Trinajstić information content (AvgIpc) is 2.90. The fourth-order valence-corrected chi connectivity index (χ4v) is 4.65. The lowest BCUT2D eigenvalue weighted by molar-refractivity contribution is 0.0325. The first-order valence-electron chi connectivity index (χ1n) is 12.4. The van der Waals surface area contributed by atoms with Crippen LogP contribution >= 0.6 is 0 Å². The molecule has 194 valence electrons. The molecule has 1 aliphatic carbocycles. The Balaban J connectivity index is 1.44. The van der Waals surface area contributed by atoms with Gasteiger partial charge in [-0.1, -0.05) is 36.9 Å². The first-order valence-corrected chi connectivity index (χ1v) is 12.4. The van der Waals surface area contributed by atoms with Crippen LogP contribution in [0.2, 0.25) is 0 Å². The summed E-state index contributed by atoms with van der Waals surface area (Å²) >= 11 is 0. The van der Waals surface area contributed by atoms with Crippen molar-refractivity contribution in [1.82, 2.24) is 0 Å². The molecule has 3 aromatic rings. The van der Waals surface area contributed by atoms with Gasteiger partial charge in [-0.25, -0.2) is 18.0 Å². The van der Waals surface area contributed by atoms with E-state index in [1.165, 1.54) is 42.5 Å². The molecule has 3 aromatic carbocycles. The van der Waals surface area contributed by atoms with E-state index in [4.69, 9.17) is 14.2 Å². The summed E-state index contributed by atoms with van der Waals surface area (Å²) in [4.78, 5) is 12.4. The predicted molar refractivity (Wildman–Crippen MR) is 135 cm³/mol. The molecule has 0 bridgehead atoms. The van der Waals surface area contributed by atoms with Crippen molar-refractivity contribution in [2.75, 3.05) is 13.2 Å². The maximum Gasteiger partial charge on any atom is 0.346 e. The Bertz CT molecular complexity index is 1250. The fraction of sp³-hybridized carbons (Fsp3) is 0.300. The third kappa shape index (κ3) is 6.23. The lowest BCUT2D eigenvalue weighted by Gasteiger charge is -2.29. The van der Waals surface area contributed by atoms with Crippen molar-refractivity contribution in [3.8, 4) is 22.6 Å². The summed E-state index contributed by atoms with van der Waals surface area (Å²) in [6.45, 7) is 6.33. The van der Waals surface area contributed by atoms with Crippen LogP contribution in [0.1, 0.15) is 54.4 Å². The molecule has 0 aliphatic heterocycles. The smallest absolute Gasteiger partial charge is 0.346 e. The Hall–Kier alpha value is -3.58. The zero-order valence-corrected chi connectivity index (χ0v) is 20.6. The van der Waals surface area contributed by atoms with Crippen molar-refractivity contribution in [2.45, 2.75) is 44.6 Å². The minimum Gasteiger partial charge on any atom is -0.489 e. The molecular formula is C30H29F3O4. The molecule has 0 unspecified atom stereocenters. The molecule has 4 rings (SSSR count). The second-order valence-electron chi connectivity index (χ2n) is 8.91. The molecule has 0 radical (unpaired) electrons. The van der Waals surface area contributed by atoms with Gasteiger partial charge in [-0.15, -0.1) is 0 Å². The number of hydrogen-bond acceptors (Lipinski definition) is 4. The van der Waals surface area contributed by atoms with E-state index in [0.29, 0.717) is 17.7 Å². The molecular weight excluding hydrogens is 481 g/mol. The van der Waals surface area contributed by atoms with Crippen LogP contribution in [-0.2, 0) is 4.74 Å². The molecule has 7 heteroatoms. The van der Waals surface area contributed by atoms with E-state index in [9.17, 15) is 9.18 Å². The van der Waals surface area contributed by atoms with Gasteiger partial charge in [-0.2, -0.15) is 0 Å². The maximum absolute atomic E-state index is 15.0. The van der Waals surface area contributed by atoms with E-state index >= 15 is 8.78 Å². The standard InChI is InChI=1S/C30H29F3O4/c1-3-17-36-23-13-14-26(27(31)18-23)30(34)37-22-11-7-20(8-12-22)25-16-15-24(28(32)29(25)33)19-5-9-21(10-6-19)35-4-2/h3,7-8,11-16,18-19,21H,1,4-6,9-10,17H2,2H3. The minimum atomic E-state index is -0.907. The Kier molecular flexibility index (Phi) is 8.66. The minimum absolute atomic E-state index is 0.0370. The largest absolute Gasteiger partial charge is 0.489 e. The van der Waals surface area contributed by atoms with E-state index in [-0.39, 0.29) is 41.3 Å². The van der Waals surface area contributed by atoms with Crippen molar-refractivity contribution in [1.29, 1.82) is 0 Å². The van der Waals surface area contributed by atoms with Crippen LogP contribution < -0.4 is 9.47 Å². The highest BCUT2D eigenvalue weighted by Gasteiger charge is 2.27. The highest BCUT2D eigenvalue weighted by molar-refractivity contribution is 5.91. The zero-order chi connectivity index (χ0) is 26.4. The van der Waals surface area contributed by atoms with Crippen LogP contribution in [0.5, 0.6) is 11.5 Å². The second kappa shape index (κ2) is 12.1. The van der Waals surface area contributed by atoms with Gasteiger partial charge in [-0.3, -0.25) is 0 Å². The molecule has 0 heterocycles. The number of hydrogen-bond donors (Lipinski definition) is 0. The average molecular weight is 511 g/mol. The van der Waals surface area contributed by atoms with Gasteiger partial charge in [0.2, 0.25) is 0 Å². The van der Waals surface area contributed by atoms with E-state index in [0.717, 1.165) is 31.7 Å². The van der Waals surface area contributed by atoms with Gasteiger partial charge in [-0.05, 0) is 73.9 Å². The van der Waals surface area contributed by atoms with Crippen molar-refractivity contribution in [3.63, 3.8) is 0 Å². The number of carbonyl (C=O) groups is 1. The molecule has 4 nitrogen and oxygen atoms in total. The second-order valence-corrected chi connectivity index (χ2v) is 8.91. The van der Waals surface area contributed by atoms with Crippen molar-refractivity contribution in [2.24, 2.45) is 0 Å². The van der Waals surface area contributed by atoms with Crippen LogP contribution in [0, 0.1) is 17.5 Å². The van der Waals surface area contributed by atoms with Gasteiger partial charge < -0.3 is 14.2 Å². The quantitative estimate of drug-likeness (QED) is 0.169. The summed E-state index contributed by atoms with van der Waals surface area (Å²) in [6.07, 6.45) is 4.88. The predicted octanol–water partition coefficient (Wildman–Crippen LogP) is 7.62. The van der Waals surface area contributed by atoms with Gasteiger partial charge >= 0.3 is 5.97 Å². The number of ether oxygens (including phenoxy) is 3. The van der Waals surface area contributed by atoms with Gasteiger partial charge in [0.05, 0.1) is 11.7 Å². The Morgan fingerprint density at radius 2 is 1.65 bits per heavy atom. The molecule has 37 heavy (non-hydrogen) atoms. The molecule has 1 saturated carbocycles. The van der Waals surface area contributed by atoms with E-state index < -0.39 is 23.4 Å². The lowest BCUT2D eigenvalue weighted by atomic mass is 9.82. The topological polar surface area (TPSA) is 44.8 Å². The van der Waals surface area contributed by atoms with Gasteiger partial charge in [0.1, 0.15) is 23.9 Å². The molecule has 1 fully saturated rings. The van der Waals surface area contributed by atoms with E-state index in [1.807, 2.05) is 6.92 Å². The summed E-state index contributed by atoms with van der Waals surface area (Å²) in [5.74, 6) is -3.04. The van der Waals surface area contributed by atoms with Crippen LogP contribution in [0.25, 0.3) is 11.1 Å². The third-order valence-corrected chi connectivity index (χ3v) is 6.53. The van der Waals surface area contributed by atoms with Crippen LogP contribution in [0.3, 0.4) is 0 Å². The molecule has 1 aliphatic rings. The maximum atomic E-state index is 15.0. The summed E-state index contributed by atoms with van der Waals surface area (Å²) < 4.78 is 60.6. The Morgan fingerprint density at radius 3 is 2.30 bits per heavy atom. The number of rotatable bonds is 9. The molecule has 0 spiro atoms. The molecule has 0 atom stereocenters. The molecule has 0 aromatic heterocycles. The summed E-state index contributed by atoms with van der Waals surface area (Å²) in [5.41, 5.74) is 0.680. The normalized spacial score (nSPS) is 17.3. The van der Waals surface area contributed by atoms with Gasteiger partial charge in [0.25, 0.3) is 0 Å². The highest BCUT2D eigenvalue weighted by Crippen LogP contribution is 2.38. The van der Waals surface area contributed by atoms with Crippen molar-refractivity contribution >= 4 is 5.97 Å². The van der Waals surface area contributed by atoms with Crippen LogP contribution in [0.4, 0.5) is 13.2 Å². The van der Waals surface area contributed by atoms with E-state index in [1.54, 1.807) is 12.1 Å². The molecule has 0 N–H and O–H groups in total. The van der Waals surface area contributed by atoms with Crippen LogP contribution in [-0.4, -0.2) is 25.3 Å². The summed E-state index contributed by atoms with van der Waals surface area (Å²) in [6, 6.07) is 13.0. The Morgan fingerprint density at radius 1 is 0.946 bits per heavy atom. The molecule has 0 amide bonds. The van der Waals surface area contributed by atoms with Crippen molar-refractivity contribution in [3.05, 3.63) is 95.8 Å². The third-order valence-electron chi connectivity index (χ3n) is 6.53. The van der Waals surface area contributed by atoms with Crippen LogP contribution in [0.15, 0.2) is 67.3 Å². The highest BCUT2D eigenvalue weighted by atomic mass is 19.2.